The summed E-state index contributed by atoms with van der Waals surface area (Å²) in [7, 11) is 1.74. The summed E-state index contributed by atoms with van der Waals surface area (Å²) in [6.45, 7) is 26.3. The van der Waals surface area contributed by atoms with Gasteiger partial charge in [-0.1, -0.05) is 115 Å². The summed E-state index contributed by atoms with van der Waals surface area (Å²) in [5.74, 6) is 7.97. The number of hydrogen-bond donors (Lipinski definition) is 2. The molecule has 0 spiro atoms. The Bertz CT molecular complexity index is 1290. The molecule has 1 aromatic rings. The van der Waals surface area contributed by atoms with Crippen LogP contribution in [0.3, 0.4) is 0 Å². The van der Waals surface area contributed by atoms with Crippen molar-refractivity contribution in [1.29, 1.82) is 10.8 Å². The molecule has 268 valence electrons. The van der Waals surface area contributed by atoms with Crippen LogP contribution in [0.25, 0.3) is 0 Å². The molecule has 0 amide bonds. The van der Waals surface area contributed by atoms with Crippen molar-refractivity contribution >= 4 is 17.7 Å². The number of rotatable bonds is 14. The molecule has 0 aliphatic carbocycles. The largest absolute Gasteiger partial charge is 0.496 e. The van der Waals surface area contributed by atoms with E-state index in [1.807, 2.05) is 46.8 Å². The van der Waals surface area contributed by atoms with Gasteiger partial charge in [0.2, 0.25) is 0 Å². The smallest absolute Gasteiger partial charge is 0.129 e. The second-order valence-corrected chi connectivity index (χ2v) is 11.9. The Morgan fingerprint density at radius 3 is 2.02 bits per heavy atom. The van der Waals surface area contributed by atoms with E-state index in [4.69, 9.17) is 15.6 Å². The monoisotopic (exact) mass is 659 g/mol. The van der Waals surface area contributed by atoms with Gasteiger partial charge in [-0.2, -0.15) is 0 Å². The highest BCUT2D eigenvalue weighted by Crippen LogP contribution is 2.22. The van der Waals surface area contributed by atoms with Crippen LogP contribution in [0.1, 0.15) is 140 Å². The van der Waals surface area contributed by atoms with Gasteiger partial charge in [-0.05, 0) is 119 Å². The molecule has 1 unspecified atom stereocenters. The fourth-order valence-corrected chi connectivity index (χ4v) is 4.38. The van der Waals surface area contributed by atoms with Crippen LogP contribution in [0.15, 0.2) is 76.4 Å². The number of allylic oxidation sites excluding steroid dienone is 10. The fraction of sp³-hybridized carbons (Fsp3) is 0.523. The predicted molar refractivity (Wildman–Crippen MR) is 215 cm³/mol. The lowest BCUT2D eigenvalue weighted by Crippen LogP contribution is -1.99. The third-order valence-electron chi connectivity index (χ3n) is 7.22. The average Bonchev–Trinajstić information content (AvgIpc) is 3.04. The normalized spacial score (nSPS) is 11.7. The number of Topliss-reactive ketones (excluding diaryl/α,β-unsaturated/α-hetero) is 1. The Balaban J connectivity index is -0.000000607. The van der Waals surface area contributed by atoms with E-state index in [9.17, 15) is 4.79 Å². The SMILES string of the molecule is CCC#C/C=C\C(C)CC.CCCC(C)=O.CCCc1ccc(CC)cc1OC.C\C=C(C(C)=N)/C(C)=C\C(=C\CC)C(C=N)=C(C)C. The summed E-state index contributed by atoms with van der Waals surface area (Å²) < 4.78 is 5.34. The second-order valence-electron chi connectivity index (χ2n) is 11.9. The van der Waals surface area contributed by atoms with Gasteiger partial charge in [-0.25, -0.2) is 0 Å². The summed E-state index contributed by atoms with van der Waals surface area (Å²) in [6.07, 6.45) is 19.8. The fourth-order valence-electron chi connectivity index (χ4n) is 4.38. The molecular weight excluding hydrogens is 588 g/mol. The molecule has 0 fully saturated rings. The molecule has 0 aromatic heterocycles. The molecule has 0 radical (unpaired) electrons. The quantitative estimate of drug-likeness (QED) is 0.119. The number of nitrogens with one attached hydrogen (secondary N) is 2. The number of aryl methyl sites for hydroxylation is 2. The Kier molecular flexibility index (Phi) is 32.3. The van der Waals surface area contributed by atoms with Gasteiger partial charge in [-0.3, -0.25) is 0 Å². The second kappa shape index (κ2) is 31.9. The zero-order chi connectivity index (χ0) is 37.5. The van der Waals surface area contributed by atoms with Gasteiger partial charge in [0.05, 0.1) is 7.11 Å². The third kappa shape index (κ3) is 24.5. The molecule has 1 atom stereocenters. The predicted octanol–water partition coefficient (Wildman–Crippen LogP) is 12.8. The highest BCUT2D eigenvalue weighted by Gasteiger charge is 2.06. The number of ketones is 1. The van der Waals surface area contributed by atoms with Crippen molar-refractivity contribution in [3.05, 3.63) is 87.6 Å². The topological polar surface area (TPSA) is 74.0 Å². The lowest BCUT2D eigenvalue weighted by atomic mass is 9.95. The molecule has 1 aromatic carbocycles. The number of ether oxygens (including phenoxy) is 1. The summed E-state index contributed by atoms with van der Waals surface area (Å²) in [4.78, 5) is 10.0. The Hall–Kier alpha value is -3.71. The van der Waals surface area contributed by atoms with Crippen molar-refractivity contribution < 1.29 is 9.53 Å². The molecule has 1 rings (SSSR count). The minimum absolute atomic E-state index is 0.289. The first-order chi connectivity index (χ1) is 22.8. The van der Waals surface area contributed by atoms with E-state index in [1.165, 1.54) is 30.2 Å². The minimum Gasteiger partial charge on any atom is -0.496 e. The number of methoxy groups -OCH3 is 1. The highest BCUT2D eigenvalue weighted by molar-refractivity contribution is 6.00. The molecule has 4 nitrogen and oxygen atoms in total. The lowest BCUT2D eigenvalue weighted by molar-refractivity contribution is -0.117. The molecular formula is C44H70N2O2. The molecule has 0 saturated carbocycles. The van der Waals surface area contributed by atoms with E-state index in [0.717, 1.165) is 72.1 Å². The standard InChI is InChI=1S/C17H26N2.C12H18O.C10H16.C5H10O/c1-7-9-15(17(11-18)12(3)4)10-13(5)16(8-2)14(6)19;1-4-6-11-8-7-10(5-2)9-12(11)13-3;1-4-6-7-8-9-10(3)5-2;1-3-4-5(2)6/h8-11,18-19H,7H2,1-6H3;7-9H,4-6H2,1-3H3;8-10H,4-5H2,1-3H3;3-4H2,1-2H3/b13-10-,15-9-,16-8+,18-11?,19-14?;;9-8-;. The molecule has 2 N–H and O–H groups in total. The van der Waals surface area contributed by atoms with Crippen LogP contribution >= 0.6 is 0 Å². The van der Waals surface area contributed by atoms with Crippen molar-refractivity contribution in [3.8, 4) is 17.6 Å². The van der Waals surface area contributed by atoms with Crippen molar-refractivity contribution in [3.63, 3.8) is 0 Å². The van der Waals surface area contributed by atoms with Crippen LogP contribution in [0.5, 0.6) is 5.75 Å². The molecule has 48 heavy (non-hydrogen) atoms. The van der Waals surface area contributed by atoms with Gasteiger partial charge < -0.3 is 20.3 Å². The van der Waals surface area contributed by atoms with Crippen LogP contribution in [0, 0.1) is 28.6 Å². The highest BCUT2D eigenvalue weighted by atomic mass is 16.5. The number of carbonyl (C=O) groups excluding carboxylic acids is 1. The first-order valence-electron chi connectivity index (χ1n) is 17.9. The van der Waals surface area contributed by atoms with E-state index in [1.54, 1.807) is 21.0 Å². The van der Waals surface area contributed by atoms with E-state index < -0.39 is 0 Å². The van der Waals surface area contributed by atoms with Gasteiger partial charge >= 0.3 is 0 Å². The van der Waals surface area contributed by atoms with Crippen LogP contribution in [-0.2, 0) is 17.6 Å². The molecule has 0 heterocycles. The maximum atomic E-state index is 10.0. The Labute approximate surface area is 297 Å². The molecule has 0 aliphatic heterocycles. The first kappa shape index (κ1) is 48.7. The number of benzene rings is 1. The molecule has 0 bridgehead atoms. The van der Waals surface area contributed by atoms with Gasteiger partial charge in [0, 0.05) is 24.8 Å². The Morgan fingerprint density at radius 2 is 1.65 bits per heavy atom. The van der Waals surface area contributed by atoms with Crippen LogP contribution < -0.4 is 4.74 Å². The Morgan fingerprint density at radius 1 is 1.00 bits per heavy atom. The van der Waals surface area contributed by atoms with Crippen molar-refractivity contribution in [2.24, 2.45) is 5.92 Å². The molecule has 4 heteroatoms. The van der Waals surface area contributed by atoms with E-state index >= 15 is 0 Å². The maximum Gasteiger partial charge on any atom is 0.129 e. The summed E-state index contributed by atoms with van der Waals surface area (Å²) in [5.41, 5.74) is 8.41. The molecule has 0 aliphatic rings. The van der Waals surface area contributed by atoms with Crippen molar-refractivity contribution in [1.82, 2.24) is 0 Å². The average molecular weight is 659 g/mol. The summed E-state index contributed by atoms with van der Waals surface area (Å²) in [5, 5.41) is 15.3. The first-order valence-corrected chi connectivity index (χ1v) is 17.9. The zero-order valence-corrected chi connectivity index (χ0v) is 33.2. The van der Waals surface area contributed by atoms with Crippen molar-refractivity contribution in [2.75, 3.05) is 7.11 Å². The number of carbonyl (C=O) groups is 1. The summed E-state index contributed by atoms with van der Waals surface area (Å²) in [6, 6.07) is 6.51. The van der Waals surface area contributed by atoms with E-state index in [0.29, 0.717) is 11.6 Å². The third-order valence-corrected chi connectivity index (χ3v) is 7.22. The maximum absolute atomic E-state index is 10.0. The van der Waals surface area contributed by atoms with Gasteiger partial charge in [0.25, 0.3) is 0 Å². The van der Waals surface area contributed by atoms with Gasteiger partial charge in [-0.15, -0.1) is 0 Å². The van der Waals surface area contributed by atoms with E-state index in [2.05, 4.69) is 89.8 Å². The van der Waals surface area contributed by atoms with Crippen LogP contribution in [-0.4, -0.2) is 24.8 Å². The van der Waals surface area contributed by atoms with Crippen molar-refractivity contribution in [2.45, 2.75) is 141 Å². The summed E-state index contributed by atoms with van der Waals surface area (Å²) >= 11 is 0. The lowest BCUT2D eigenvalue weighted by Gasteiger charge is -2.10. The van der Waals surface area contributed by atoms with Gasteiger partial charge in [0.1, 0.15) is 11.5 Å². The zero-order valence-electron chi connectivity index (χ0n) is 33.2. The number of hydrogen-bond acceptors (Lipinski definition) is 4. The van der Waals surface area contributed by atoms with E-state index in [-0.39, 0.29) is 5.78 Å². The van der Waals surface area contributed by atoms with Gasteiger partial charge in [0.15, 0.2) is 0 Å². The molecule has 0 saturated heterocycles. The minimum atomic E-state index is 0.289. The van der Waals surface area contributed by atoms with Crippen LogP contribution in [0.4, 0.5) is 0 Å². The van der Waals surface area contributed by atoms with Crippen LogP contribution in [0.2, 0.25) is 0 Å².